The highest BCUT2D eigenvalue weighted by Crippen LogP contribution is 2.07. The van der Waals surface area contributed by atoms with Gasteiger partial charge in [0.2, 0.25) is 5.91 Å². The highest BCUT2D eigenvalue weighted by atomic mass is 16.5. The fourth-order valence-electron chi connectivity index (χ4n) is 1.51. The zero-order valence-corrected chi connectivity index (χ0v) is 10.1. The van der Waals surface area contributed by atoms with Gasteiger partial charge < -0.3 is 25.8 Å². The number of ether oxygens (including phenoxy) is 1. The molecular formula is C10H17N3O5. The highest BCUT2D eigenvalue weighted by molar-refractivity contribution is 5.86. The molecular weight excluding hydrogens is 242 g/mol. The summed E-state index contributed by atoms with van der Waals surface area (Å²) in [6, 6.07) is -1.31. The summed E-state index contributed by atoms with van der Waals surface area (Å²) in [4.78, 5) is 34.8. The van der Waals surface area contributed by atoms with E-state index >= 15 is 0 Å². The van der Waals surface area contributed by atoms with Gasteiger partial charge in [0.25, 0.3) is 0 Å². The monoisotopic (exact) mass is 259 g/mol. The SMILES string of the molecule is CC(CNC(=O)N1CCOCC1C(N)=O)C(=O)O. The van der Waals surface area contributed by atoms with Gasteiger partial charge in [0, 0.05) is 13.1 Å². The minimum Gasteiger partial charge on any atom is -0.481 e. The fraction of sp³-hybridized carbons (Fsp3) is 0.700. The minimum absolute atomic E-state index is 0.00297. The number of nitrogens with zero attached hydrogens (tertiary/aromatic N) is 1. The Bertz CT molecular complexity index is 346. The largest absolute Gasteiger partial charge is 0.481 e. The molecule has 2 unspecified atom stereocenters. The smallest absolute Gasteiger partial charge is 0.318 e. The predicted molar refractivity (Wildman–Crippen MR) is 60.7 cm³/mol. The van der Waals surface area contributed by atoms with Gasteiger partial charge in [0.1, 0.15) is 6.04 Å². The number of hydrogen-bond donors (Lipinski definition) is 3. The molecule has 1 rings (SSSR count). The van der Waals surface area contributed by atoms with Gasteiger partial charge in [0.05, 0.1) is 19.1 Å². The third-order valence-electron chi connectivity index (χ3n) is 2.70. The lowest BCUT2D eigenvalue weighted by molar-refractivity contribution is -0.141. The molecule has 2 atom stereocenters. The summed E-state index contributed by atoms with van der Waals surface area (Å²) in [6.07, 6.45) is 0. The number of carbonyl (C=O) groups is 3. The number of urea groups is 1. The van der Waals surface area contributed by atoms with Crippen LogP contribution in [0, 0.1) is 5.92 Å². The molecule has 1 aliphatic heterocycles. The number of rotatable bonds is 4. The van der Waals surface area contributed by atoms with Crippen LogP contribution in [0.25, 0.3) is 0 Å². The third kappa shape index (κ3) is 3.59. The Balaban J connectivity index is 2.53. The molecule has 0 aromatic rings. The third-order valence-corrected chi connectivity index (χ3v) is 2.70. The van der Waals surface area contributed by atoms with Crippen molar-refractivity contribution >= 4 is 17.9 Å². The average Bonchev–Trinajstić information content (AvgIpc) is 2.35. The van der Waals surface area contributed by atoms with Crippen molar-refractivity contribution in [1.29, 1.82) is 0 Å². The van der Waals surface area contributed by atoms with Gasteiger partial charge in [-0.3, -0.25) is 9.59 Å². The predicted octanol–water partition coefficient (Wildman–Crippen LogP) is -1.40. The van der Waals surface area contributed by atoms with Crippen molar-refractivity contribution in [2.24, 2.45) is 11.7 Å². The van der Waals surface area contributed by atoms with E-state index in [9.17, 15) is 14.4 Å². The van der Waals surface area contributed by atoms with E-state index in [-0.39, 0.29) is 19.7 Å². The molecule has 1 fully saturated rings. The van der Waals surface area contributed by atoms with Crippen molar-refractivity contribution in [3.8, 4) is 0 Å². The molecule has 0 aromatic carbocycles. The Morgan fingerprint density at radius 3 is 2.78 bits per heavy atom. The number of carbonyl (C=O) groups excluding carboxylic acids is 2. The molecule has 0 spiro atoms. The van der Waals surface area contributed by atoms with E-state index < -0.39 is 29.9 Å². The lowest BCUT2D eigenvalue weighted by Crippen LogP contribution is -2.57. The molecule has 1 aliphatic rings. The standard InChI is InChI=1S/C10H17N3O5/c1-6(9(15)16)4-12-10(17)13-2-3-18-5-7(13)8(11)14/h6-7H,2-5H2,1H3,(H2,11,14)(H,12,17)(H,15,16). The lowest BCUT2D eigenvalue weighted by atomic mass is 10.2. The number of aliphatic carboxylic acids is 1. The number of morpholine rings is 1. The molecule has 8 heteroatoms. The maximum Gasteiger partial charge on any atom is 0.318 e. The van der Waals surface area contributed by atoms with Crippen molar-refractivity contribution in [1.82, 2.24) is 10.2 Å². The van der Waals surface area contributed by atoms with Crippen molar-refractivity contribution in [3.05, 3.63) is 0 Å². The second-order valence-electron chi connectivity index (χ2n) is 4.11. The fourth-order valence-corrected chi connectivity index (χ4v) is 1.51. The second kappa shape index (κ2) is 6.20. The Hall–Kier alpha value is -1.83. The molecule has 18 heavy (non-hydrogen) atoms. The van der Waals surface area contributed by atoms with Crippen molar-refractivity contribution in [2.45, 2.75) is 13.0 Å². The first-order chi connectivity index (χ1) is 8.43. The van der Waals surface area contributed by atoms with E-state index in [1.807, 2.05) is 0 Å². The quantitative estimate of drug-likeness (QED) is 0.573. The molecule has 3 amide bonds. The molecule has 0 aromatic heterocycles. The molecule has 0 radical (unpaired) electrons. The van der Waals surface area contributed by atoms with Gasteiger partial charge in [-0.1, -0.05) is 6.92 Å². The Labute approximate surface area is 104 Å². The van der Waals surface area contributed by atoms with Crippen LogP contribution in [0.5, 0.6) is 0 Å². The molecule has 8 nitrogen and oxygen atoms in total. The molecule has 1 heterocycles. The number of amides is 3. The van der Waals surface area contributed by atoms with Crippen molar-refractivity contribution in [3.63, 3.8) is 0 Å². The van der Waals surface area contributed by atoms with Gasteiger partial charge in [-0.2, -0.15) is 0 Å². The van der Waals surface area contributed by atoms with Crippen LogP contribution in [0.15, 0.2) is 0 Å². The summed E-state index contributed by atoms with van der Waals surface area (Å²) < 4.78 is 5.07. The van der Waals surface area contributed by atoms with E-state index in [2.05, 4.69) is 5.32 Å². The second-order valence-corrected chi connectivity index (χ2v) is 4.11. The molecule has 0 saturated carbocycles. The van der Waals surface area contributed by atoms with E-state index in [0.29, 0.717) is 6.61 Å². The van der Waals surface area contributed by atoms with Gasteiger partial charge >= 0.3 is 12.0 Å². The van der Waals surface area contributed by atoms with Crippen LogP contribution in [-0.2, 0) is 14.3 Å². The lowest BCUT2D eigenvalue weighted by Gasteiger charge is -2.33. The summed E-state index contributed by atoms with van der Waals surface area (Å²) in [5.74, 6) is -2.33. The summed E-state index contributed by atoms with van der Waals surface area (Å²) in [7, 11) is 0. The maximum atomic E-state index is 11.8. The van der Waals surface area contributed by atoms with Crippen molar-refractivity contribution in [2.75, 3.05) is 26.3 Å². The van der Waals surface area contributed by atoms with Crippen LogP contribution in [0.4, 0.5) is 4.79 Å². The molecule has 102 valence electrons. The van der Waals surface area contributed by atoms with E-state index in [0.717, 1.165) is 0 Å². The number of nitrogens with one attached hydrogen (secondary N) is 1. The zero-order chi connectivity index (χ0) is 13.7. The number of carboxylic acid groups (broad SMARTS) is 1. The summed E-state index contributed by atoms with van der Waals surface area (Å²) in [5, 5.41) is 11.1. The number of nitrogens with two attached hydrogens (primary N) is 1. The van der Waals surface area contributed by atoms with Crippen LogP contribution in [0.1, 0.15) is 6.92 Å². The zero-order valence-electron chi connectivity index (χ0n) is 10.1. The number of primary amides is 1. The Morgan fingerprint density at radius 1 is 1.56 bits per heavy atom. The highest BCUT2D eigenvalue weighted by Gasteiger charge is 2.31. The molecule has 4 N–H and O–H groups in total. The topological polar surface area (TPSA) is 122 Å². The van der Waals surface area contributed by atoms with E-state index in [4.69, 9.17) is 15.6 Å². The van der Waals surface area contributed by atoms with Gasteiger partial charge in [-0.15, -0.1) is 0 Å². The number of carboxylic acids is 1. The van der Waals surface area contributed by atoms with Crippen LogP contribution in [0.3, 0.4) is 0 Å². The number of hydrogen-bond acceptors (Lipinski definition) is 4. The first-order valence-electron chi connectivity index (χ1n) is 5.57. The van der Waals surface area contributed by atoms with Gasteiger partial charge in [-0.05, 0) is 0 Å². The molecule has 0 aliphatic carbocycles. The van der Waals surface area contributed by atoms with Gasteiger partial charge in [0.15, 0.2) is 0 Å². The summed E-state index contributed by atoms with van der Waals surface area (Å²) in [5.41, 5.74) is 5.16. The van der Waals surface area contributed by atoms with Crippen LogP contribution in [0.2, 0.25) is 0 Å². The van der Waals surface area contributed by atoms with Crippen LogP contribution in [-0.4, -0.2) is 60.3 Å². The first kappa shape index (κ1) is 14.2. The minimum atomic E-state index is -0.997. The first-order valence-corrected chi connectivity index (χ1v) is 5.57. The normalized spacial score (nSPS) is 21.2. The van der Waals surface area contributed by atoms with Crippen LogP contribution < -0.4 is 11.1 Å². The van der Waals surface area contributed by atoms with E-state index in [1.54, 1.807) is 0 Å². The van der Waals surface area contributed by atoms with Crippen LogP contribution >= 0.6 is 0 Å². The summed E-state index contributed by atoms with van der Waals surface area (Å²) >= 11 is 0. The maximum absolute atomic E-state index is 11.8. The van der Waals surface area contributed by atoms with Crippen molar-refractivity contribution < 1.29 is 24.2 Å². The summed E-state index contributed by atoms with van der Waals surface area (Å²) in [6.45, 7) is 2.12. The van der Waals surface area contributed by atoms with Gasteiger partial charge in [-0.25, -0.2) is 4.79 Å². The Morgan fingerprint density at radius 2 is 2.22 bits per heavy atom. The molecule has 1 saturated heterocycles. The Kier molecular flexibility index (Phi) is 4.90. The molecule has 0 bridgehead atoms. The van der Waals surface area contributed by atoms with E-state index in [1.165, 1.54) is 11.8 Å². The average molecular weight is 259 g/mol.